The van der Waals surface area contributed by atoms with E-state index in [1.54, 1.807) is 0 Å². The Morgan fingerprint density at radius 1 is 1.31 bits per heavy atom. The molecule has 1 atom stereocenters. The van der Waals surface area contributed by atoms with Crippen LogP contribution in [0, 0.1) is 0 Å². The summed E-state index contributed by atoms with van der Waals surface area (Å²) < 4.78 is 10.9. The lowest BCUT2D eigenvalue weighted by Crippen LogP contribution is -2.28. The summed E-state index contributed by atoms with van der Waals surface area (Å²) in [6.07, 6.45) is 0. The fraction of sp³-hybridized carbons (Fsp3) is 0.500. The predicted octanol–water partition coefficient (Wildman–Crippen LogP) is 0.928. The summed E-state index contributed by atoms with van der Waals surface area (Å²) in [5.41, 5.74) is 1.13. The van der Waals surface area contributed by atoms with Crippen LogP contribution in [0.5, 0.6) is 11.5 Å². The van der Waals surface area contributed by atoms with E-state index >= 15 is 0 Å². The molecule has 0 amide bonds. The quantitative estimate of drug-likeness (QED) is 0.797. The predicted molar refractivity (Wildman–Crippen MR) is 60.8 cm³/mol. The van der Waals surface area contributed by atoms with Crippen LogP contribution in [0.3, 0.4) is 0 Å². The molecule has 4 heteroatoms. The maximum absolute atomic E-state index is 8.90. The first kappa shape index (κ1) is 11.2. The van der Waals surface area contributed by atoms with Crippen LogP contribution in [0.2, 0.25) is 0 Å². The molecule has 1 aliphatic heterocycles. The Balaban J connectivity index is 2.00. The Morgan fingerprint density at radius 2 is 2.06 bits per heavy atom. The number of ether oxygens (including phenoxy) is 2. The molecule has 88 valence electrons. The molecule has 0 saturated carbocycles. The molecule has 0 aromatic heterocycles. The van der Waals surface area contributed by atoms with Gasteiger partial charge in [-0.1, -0.05) is 6.07 Å². The molecule has 0 bridgehead atoms. The van der Waals surface area contributed by atoms with Crippen LogP contribution >= 0.6 is 0 Å². The second-order valence-electron chi connectivity index (χ2n) is 3.94. The third-order valence-corrected chi connectivity index (χ3v) is 2.54. The van der Waals surface area contributed by atoms with Gasteiger partial charge >= 0.3 is 0 Å². The highest BCUT2D eigenvalue weighted by molar-refractivity contribution is 5.43. The van der Waals surface area contributed by atoms with E-state index in [0.717, 1.165) is 23.6 Å². The van der Waals surface area contributed by atoms with Crippen LogP contribution in [-0.2, 0) is 6.54 Å². The van der Waals surface area contributed by atoms with Crippen molar-refractivity contribution in [2.24, 2.45) is 0 Å². The minimum Gasteiger partial charge on any atom is -0.486 e. The van der Waals surface area contributed by atoms with Gasteiger partial charge in [0.2, 0.25) is 0 Å². The molecule has 0 fully saturated rings. The molecular formula is C12H17NO3. The van der Waals surface area contributed by atoms with Crippen LogP contribution in [0.4, 0.5) is 0 Å². The van der Waals surface area contributed by atoms with Gasteiger partial charge in [0.25, 0.3) is 0 Å². The van der Waals surface area contributed by atoms with Crippen molar-refractivity contribution in [1.82, 2.24) is 5.32 Å². The Bertz CT molecular complexity index is 354. The zero-order valence-electron chi connectivity index (χ0n) is 9.40. The van der Waals surface area contributed by atoms with Crippen molar-refractivity contribution in [3.63, 3.8) is 0 Å². The SMILES string of the molecule is C[C@H](CO)NCc1ccc2c(c1)OCCO2. The third kappa shape index (κ3) is 2.65. The van der Waals surface area contributed by atoms with Crippen molar-refractivity contribution >= 4 is 0 Å². The largest absolute Gasteiger partial charge is 0.486 e. The fourth-order valence-electron chi connectivity index (χ4n) is 1.55. The second kappa shape index (κ2) is 5.18. The average molecular weight is 223 g/mol. The molecule has 2 rings (SSSR count). The second-order valence-corrected chi connectivity index (χ2v) is 3.94. The maximum Gasteiger partial charge on any atom is 0.161 e. The summed E-state index contributed by atoms with van der Waals surface area (Å²) >= 11 is 0. The van der Waals surface area contributed by atoms with Crippen LogP contribution in [0.15, 0.2) is 18.2 Å². The topological polar surface area (TPSA) is 50.7 Å². The summed E-state index contributed by atoms with van der Waals surface area (Å²) in [5, 5.41) is 12.1. The molecular weight excluding hydrogens is 206 g/mol. The van der Waals surface area contributed by atoms with Crippen molar-refractivity contribution in [3.8, 4) is 11.5 Å². The summed E-state index contributed by atoms with van der Waals surface area (Å²) in [7, 11) is 0. The highest BCUT2D eigenvalue weighted by Crippen LogP contribution is 2.30. The summed E-state index contributed by atoms with van der Waals surface area (Å²) in [4.78, 5) is 0. The summed E-state index contributed by atoms with van der Waals surface area (Å²) in [5.74, 6) is 1.62. The number of rotatable bonds is 4. The van der Waals surface area contributed by atoms with Crippen LogP contribution < -0.4 is 14.8 Å². The number of aliphatic hydroxyl groups is 1. The molecule has 0 spiro atoms. The van der Waals surface area contributed by atoms with Gasteiger partial charge in [-0.05, 0) is 24.6 Å². The van der Waals surface area contributed by atoms with Crippen LogP contribution in [0.1, 0.15) is 12.5 Å². The number of hydrogen-bond donors (Lipinski definition) is 2. The maximum atomic E-state index is 8.90. The van der Waals surface area contributed by atoms with Crippen molar-refractivity contribution in [2.75, 3.05) is 19.8 Å². The highest BCUT2D eigenvalue weighted by Gasteiger charge is 2.11. The molecule has 0 radical (unpaired) electrons. The summed E-state index contributed by atoms with van der Waals surface area (Å²) in [6, 6.07) is 6.01. The van der Waals surface area contributed by atoms with Gasteiger partial charge < -0.3 is 19.9 Å². The first-order valence-corrected chi connectivity index (χ1v) is 5.52. The lowest BCUT2D eigenvalue weighted by molar-refractivity contribution is 0.171. The molecule has 4 nitrogen and oxygen atoms in total. The first-order valence-electron chi connectivity index (χ1n) is 5.52. The lowest BCUT2D eigenvalue weighted by Gasteiger charge is -2.19. The normalized spacial score (nSPS) is 15.9. The standard InChI is InChI=1S/C12H17NO3/c1-9(8-14)13-7-10-2-3-11-12(6-10)16-5-4-15-11/h2-3,6,9,13-14H,4-5,7-8H2,1H3/t9-/m1/s1. The molecule has 2 N–H and O–H groups in total. The average Bonchev–Trinajstić information content (AvgIpc) is 2.35. The van der Waals surface area contributed by atoms with Gasteiger partial charge in [-0.2, -0.15) is 0 Å². The van der Waals surface area contributed by atoms with E-state index in [1.807, 2.05) is 25.1 Å². The van der Waals surface area contributed by atoms with Crippen LogP contribution in [0.25, 0.3) is 0 Å². The number of hydrogen-bond acceptors (Lipinski definition) is 4. The molecule has 1 aromatic carbocycles. The summed E-state index contributed by atoms with van der Waals surface area (Å²) in [6.45, 7) is 4.03. The molecule has 1 heterocycles. The van der Waals surface area contributed by atoms with E-state index in [9.17, 15) is 0 Å². The first-order chi connectivity index (χ1) is 7.79. The van der Waals surface area contributed by atoms with Gasteiger partial charge in [0.1, 0.15) is 13.2 Å². The Labute approximate surface area is 95.2 Å². The van der Waals surface area contributed by atoms with Gasteiger partial charge in [-0.15, -0.1) is 0 Å². The molecule has 1 aromatic rings. The van der Waals surface area contributed by atoms with E-state index in [2.05, 4.69) is 5.32 Å². The lowest BCUT2D eigenvalue weighted by atomic mass is 10.2. The van der Waals surface area contributed by atoms with Crippen LogP contribution in [-0.4, -0.2) is 31.0 Å². The van der Waals surface area contributed by atoms with Gasteiger partial charge in [0.15, 0.2) is 11.5 Å². The van der Waals surface area contributed by atoms with Crippen molar-refractivity contribution in [2.45, 2.75) is 19.5 Å². The van der Waals surface area contributed by atoms with E-state index in [4.69, 9.17) is 14.6 Å². The zero-order chi connectivity index (χ0) is 11.4. The van der Waals surface area contributed by atoms with E-state index in [1.165, 1.54) is 0 Å². The number of nitrogens with one attached hydrogen (secondary N) is 1. The number of benzene rings is 1. The Kier molecular flexibility index (Phi) is 3.64. The van der Waals surface area contributed by atoms with E-state index < -0.39 is 0 Å². The molecule has 1 aliphatic rings. The van der Waals surface area contributed by atoms with Gasteiger partial charge in [-0.3, -0.25) is 0 Å². The monoisotopic (exact) mass is 223 g/mol. The molecule has 0 aliphatic carbocycles. The number of fused-ring (bicyclic) bond motifs is 1. The third-order valence-electron chi connectivity index (χ3n) is 2.54. The van der Waals surface area contributed by atoms with E-state index in [-0.39, 0.29) is 12.6 Å². The number of aliphatic hydroxyl groups excluding tert-OH is 1. The van der Waals surface area contributed by atoms with Gasteiger partial charge in [-0.25, -0.2) is 0 Å². The fourth-order valence-corrected chi connectivity index (χ4v) is 1.55. The Hall–Kier alpha value is -1.26. The zero-order valence-corrected chi connectivity index (χ0v) is 9.40. The van der Waals surface area contributed by atoms with Crippen molar-refractivity contribution < 1.29 is 14.6 Å². The van der Waals surface area contributed by atoms with Gasteiger partial charge in [0.05, 0.1) is 6.61 Å². The molecule has 16 heavy (non-hydrogen) atoms. The minimum atomic E-state index is 0.105. The van der Waals surface area contributed by atoms with Crippen molar-refractivity contribution in [1.29, 1.82) is 0 Å². The van der Waals surface area contributed by atoms with Gasteiger partial charge in [0, 0.05) is 12.6 Å². The Morgan fingerprint density at radius 3 is 2.81 bits per heavy atom. The van der Waals surface area contributed by atoms with Crippen molar-refractivity contribution in [3.05, 3.63) is 23.8 Å². The molecule has 0 saturated heterocycles. The van der Waals surface area contributed by atoms with E-state index in [0.29, 0.717) is 13.2 Å². The highest BCUT2D eigenvalue weighted by atomic mass is 16.6. The molecule has 0 unspecified atom stereocenters. The smallest absolute Gasteiger partial charge is 0.161 e. The minimum absolute atomic E-state index is 0.105.